The van der Waals surface area contributed by atoms with Gasteiger partial charge in [-0.1, -0.05) is 6.07 Å². The average Bonchev–Trinajstić information content (AvgIpc) is 2.68. The van der Waals surface area contributed by atoms with E-state index in [4.69, 9.17) is 4.74 Å². The fourth-order valence-electron chi connectivity index (χ4n) is 2.03. The predicted molar refractivity (Wildman–Crippen MR) is 59.1 cm³/mol. The zero-order valence-electron chi connectivity index (χ0n) is 9.29. The zero-order chi connectivity index (χ0) is 11.6. The van der Waals surface area contributed by atoms with Crippen molar-refractivity contribution in [1.29, 1.82) is 0 Å². The molecule has 0 amide bonds. The molecule has 3 nitrogen and oxygen atoms in total. The van der Waals surface area contributed by atoms with Crippen molar-refractivity contribution >= 4 is 0 Å². The Balaban J connectivity index is 2.15. The van der Waals surface area contributed by atoms with Gasteiger partial charge in [0.2, 0.25) is 0 Å². The summed E-state index contributed by atoms with van der Waals surface area (Å²) in [4.78, 5) is 0. The van der Waals surface area contributed by atoms with E-state index in [1.807, 2.05) is 0 Å². The van der Waals surface area contributed by atoms with Gasteiger partial charge in [-0.05, 0) is 24.6 Å². The molecule has 1 aromatic carbocycles. The first kappa shape index (κ1) is 11.4. The summed E-state index contributed by atoms with van der Waals surface area (Å²) in [5, 5.41) is 13.2. The summed E-state index contributed by atoms with van der Waals surface area (Å²) in [6.07, 6.45) is 1.01. The van der Waals surface area contributed by atoms with Crippen LogP contribution in [0.3, 0.4) is 0 Å². The molecular weight excluding hydrogens is 209 g/mol. The molecule has 88 valence electrons. The molecule has 1 saturated heterocycles. The summed E-state index contributed by atoms with van der Waals surface area (Å²) < 4.78 is 18.6. The van der Waals surface area contributed by atoms with Crippen molar-refractivity contribution in [2.75, 3.05) is 20.2 Å². The highest BCUT2D eigenvalue weighted by atomic mass is 19.1. The second-order valence-electron chi connectivity index (χ2n) is 4.29. The molecule has 1 atom stereocenters. The van der Waals surface area contributed by atoms with Crippen molar-refractivity contribution in [3.8, 4) is 5.75 Å². The van der Waals surface area contributed by atoms with Gasteiger partial charge in [-0.15, -0.1) is 0 Å². The molecule has 2 N–H and O–H groups in total. The number of methoxy groups -OCH3 is 1. The van der Waals surface area contributed by atoms with E-state index in [2.05, 4.69) is 5.32 Å². The minimum Gasteiger partial charge on any atom is -0.497 e. The lowest BCUT2D eigenvalue weighted by molar-refractivity contribution is 0.0609. The van der Waals surface area contributed by atoms with Crippen LogP contribution in [0.4, 0.5) is 4.39 Å². The zero-order valence-corrected chi connectivity index (χ0v) is 9.29. The molecule has 0 bridgehead atoms. The predicted octanol–water partition coefficient (Wildman–Crippen LogP) is 1.10. The van der Waals surface area contributed by atoms with E-state index >= 15 is 0 Å². The highest BCUT2D eigenvalue weighted by Crippen LogP contribution is 2.24. The van der Waals surface area contributed by atoms with Gasteiger partial charge < -0.3 is 15.2 Å². The number of rotatable bonds is 3. The maximum Gasteiger partial charge on any atom is 0.130 e. The van der Waals surface area contributed by atoms with Crippen LogP contribution in [0.1, 0.15) is 12.0 Å². The second-order valence-corrected chi connectivity index (χ2v) is 4.29. The molecule has 1 aliphatic rings. The van der Waals surface area contributed by atoms with E-state index in [0.29, 0.717) is 30.7 Å². The first-order valence-electron chi connectivity index (χ1n) is 5.38. The largest absolute Gasteiger partial charge is 0.497 e. The fraction of sp³-hybridized carbons (Fsp3) is 0.500. The summed E-state index contributed by atoms with van der Waals surface area (Å²) in [7, 11) is 1.50. The van der Waals surface area contributed by atoms with Gasteiger partial charge >= 0.3 is 0 Å². The van der Waals surface area contributed by atoms with Crippen molar-refractivity contribution in [3.05, 3.63) is 29.6 Å². The molecule has 0 radical (unpaired) electrons. The molecule has 1 fully saturated rings. The standard InChI is InChI=1S/C12H16FNO2/c1-16-10-3-2-9(11(13)6-10)7-12(15)4-5-14-8-12/h2-3,6,14-15H,4-5,7-8H2,1H3. The first-order valence-corrected chi connectivity index (χ1v) is 5.38. The Hall–Kier alpha value is -1.13. The van der Waals surface area contributed by atoms with Crippen LogP contribution in [-0.2, 0) is 6.42 Å². The minimum absolute atomic E-state index is 0.320. The quantitative estimate of drug-likeness (QED) is 0.809. The molecule has 4 heteroatoms. The lowest BCUT2D eigenvalue weighted by atomic mass is 9.93. The molecule has 0 aliphatic carbocycles. The fourth-order valence-corrected chi connectivity index (χ4v) is 2.03. The van der Waals surface area contributed by atoms with Crippen LogP contribution in [0.25, 0.3) is 0 Å². The van der Waals surface area contributed by atoms with E-state index in [1.54, 1.807) is 12.1 Å². The second kappa shape index (κ2) is 4.39. The van der Waals surface area contributed by atoms with E-state index in [0.717, 1.165) is 6.54 Å². The monoisotopic (exact) mass is 225 g/mol. The first-order chi connectivity index (χ1) is 7.63. The van der Waals surface area contributed by atoms with E-state index < -0.39 is 5.60 Å². The number of hydrogen-bond donors (Lipinski definition) is 2. The van der Waals surface area contributed by atoms with Crippen LogP contribution in [0.2, 0.25) is 0 Å². The number of β-amino-alcohol motifs (C(OH)–C–C–N with tert-alkyl or cyclic N) is 1. The Bertz CT molecular complexity index is 375. The molecule has 1 unspecified atom stereocenters. The third kappa shape index (κ3) is 2.33. The van der Waals surface area contributed by atoms with Crippen LogP contribution < -0.4 is 10.1 Å². The molecule has 1 aliphatic heterocycles. The molecule has 16 heavy (non-hydrogen) atoms. The summed E-state index contributed by atoms with van der Waals surface area (Å²) in [6.45, 7) is 1.31. The van der Waals surface area contributed by atoms with Gasteiger partial charge in [0.05, 0.1) is 12.7 Å². The SMILES string of the molecule is COc1ccc(CC2(O)CCNC2)c(F)c1. The Morgan fingerprint density at radius 1 is 1.56 bits per heavy atom. The van der Waals surface area contributed by atoms with E-state index in [1.165, 1.54) is 13.2 Å². The molecule has 1 heterocycles. The topological polar surface area (TPSA) is 41.5 Å². The van der Waals surface area contributed by atoms with Gasteiger partial charge in [0.1, 0.15) is 11.6 Å². The van der Waals surface area contributed by atoms with Crippen LogP contribution in [0, 0.1) is 5.82 Å². The van der Waals surface area contributed by atoms with Gasteiger partial charge in [0.15, 0.2) is 0 Å². The van der Waals surface area contributed by atoms with Gasteiger partial charge in [-0.25, -0.2) is 4.39 Å². The summed E-state index contributed by atoms with van der Waals surface area (Å²) in [5.74, 6) is 0.178. The molecule has 0 saturated carbocycles. The summed E-state index contributed by atoms with van der Waals surface area (Å²) in [6, 6.07) is 4.73. The van der Waals surface area contributed by atoms with Crippen molar-refractivity contribution in [2.24, 2.45) is 0 Å². The number of benzene rings is 1. The third-order valence-electron chi connectivity index (χ3n) is 3.00. The minimum atomic E-state index is -0.810. The normalized spacial score (nSPS) is 24.7. The Morgan fingerprint density at radius 3 is 2.94 bits per heavy atom. The highest BCUT2D eigenvalue weighted by Gasteiger charge is 2.31. The van der Waals surface area contributed by atoms with E-state index in [-0.39, 0.29) is 5.82 Å². The Kier molecular flexibility index (Phi) is 3.12. The van der Waals surface area contributed by atoms with Crippen LogP contribution in [0.5, 0.6) is 5.75 Å². The maximum absolute atomic E-state index is 13.6. The Morgan fingerprint density at radius 2 is 2.38 bits per heavy atom. The number of hydrogen-bond acceptors (Lipinski definition) is 3. The van der Waals surface area contributed by atoms with Crippen molar-refractivity contribution in [3.63, 3.8) is 0 Å². The van der Waals surface area contributed by atoms with Gasteiger partial charge in [0, 0.05) is 19.0 Å². The van der Waals surface area contributed by atoms with Crippen molar-refractivity contribution < 1.29 is 14.2 Å². The van der Waals surface area contributed by atoms with Crippen LogP contribution in [0.15, 0.2) is 18.2 Å². The lowest BCUT2D eigenvalue weighted by Gasteiger charge is -2.21. The lowest BCUT2D eigenvalue weighted by Crippen LogP contribution is -2.34. The third-order valence-corrected chi connectivity index (χ3v) is 3.00. The average molecular weight is 225 g/mol. The van der Waals surface area contributed by atoms with Crippen LogP contribution in [-0.4, -0.2) is 30.9 Å². The number of aliphatic hydroxyl groups is 1. The summed E-state index contributed by atoms with van der Waals surface area (Å²) >= 11 is 0. The van der Waals surface area contributed by atoms with Gasteiger partial charge in [-0.3, -0.25) is 0 Å². The molecule has 1 aromatic rings. The number of ether oxygens (including phenoxy) is 1. The molecule has 2 rings (SSSR count). The molecule has 0 aromatic heterocycles. The molecular formula is C12H16FNO2. The van der Waals surface area contributed by atoms with E-state index in [9.17, 15) is 9.50 Å². The summed E-state index contributed by atoms with van der Waals surface area (Å²) in [5.41, 5.74) is -0.276. The van der Waals surface area contributed by atoms with Crippen molar-refractivity contribution in [1.82, 2.24) is 5.32 Å². The number of nitrogens with one attached hydrogen (secondary N) is 1. The molecule has 0 spiro atoms. The highest BCUT2D eigenvalue weighted by molar-refractivity contribution is 5.30. The Labute approximate surface area is 94.2 Å². The van der Waals surface area contributed by atoms with Gasteiger partial charge in [0.25, 0.3) is 0 Å². The van der Waals surface area contributed by atoms with Crippen molar-refractivity contribution in [2.45, 2.75) is 18.4 Å². The number of halogens is 1. The maximum atomic E-state index is 13.6. The smallest absolute Gasteiger partial charge is 0.130 e. The van der Waals surface area contributed by atoms with Gasteiger partial charge in [-0.2, -0.15) is 0 Å². The van der Waals surface area contributed by atoms with Crippen LogP contribution >= 0.6 is 0 Å².